The van der Waals surface area contributed by atoms with Gasteiger partial charge in [0.05, 0.1) is 5.57 Å². The fourth-order valence-corrected chi connectivity index (χ4v) is 2.46. The molecular formula is C22H20F3NO2. The zero-order valence-corrected chi connectivity index (χ0v) is 15.5. The molecule has 0 fully saturated rings. The molecule has 0 heterocycles. The molecule has 0 amide bonds. The van der Waals surface area contributed by atoms with E-state index in [1.807, 2.05) is 31.1 Å². The second-order valence-corrected chi connectivity index (χ2v) is 6.34. The van der Waals surface area contributed by atoms with Gasteiger partial charge in [0.2, 0.25) is 0 Å². The molecule has 0 aliphatic rings. The van der Waals surface area contributed by atoms with Gasteiger partial charge < -0.3 is 4.90 Å². The van der Waals surface area contributed by atoms with Crippen molar-refractivity contribution >= 4 is 23.3 Å². The minimum Gasteiger partial charge on any atom is -0.378 e. The molecule has 146 valence electrons. The summed E-state index contributed by atoms with van der Waals surface area (Å²) in [6.07, 6.45) is -1.63. The lowest BCUT2D eigenvalue weighted by Crippen LogP contribution is -2.29. The average molecular weight is 387 g/mol. The Bertz CT molecular complexity index is 880. The average Bonchev–Trinajstić information content (AvgIpc) is 2.65. The van der Waals surface area contributed by atoms with E-state index in [4.69, 9.17) is 0 Å². The van der Waals surface area contributed by atoms with Crippen LogP contribution in [0.25, 0.3) is 6.08 Å². The van der Waals surface area contributed by atoms with Crippen LogP contribution in [-0.4, -0.2) is 31.8 Å². The molecule has 0 aliphatic heterocycles. The standard InChI is InChI=1S/C22H20F3NO2/c1-26(2)18-13-11-16(12-14-18)9-6-10-19(21(28)22(23,24)25)20(27)15-17-7-4-3-5-8-17/h3-14H,15H2,1-2H3. The lowest BCUT2D eigenvalue weighted by atomic mass is 9.99. The van der Waals surface area contributed by atoms with Crippen molar-refractivity contribution in [1.82, 2.24) is 0 Å². The molecule has 0 atom stereocenters. The van der Waals surface area contributed by atoms with Gasteiger partial charge in [0, 0.05) is 26.2 Å². The van der Waals surface area contributed by atoms with Gasteiger partial charge in [-0.25, -0.2) is 0 Å². The zero-order chi connectivity index (χ0) is 20.7. The van der Waals surface area contributed by atoms with Crippen molar-refractivity contribution in [3.63, 3.8) is 0 Å². The number of ketones is 2. The molecule has 0 radical (unpaired) electrons. The highest BCUT2D eigenvalue weighted by molar-refractivity contribution is 6.22. The van der Waals surface area contributed by atoms with E-state index in [9.17, 15) is 22.8 Å². The van der Waals surface area contributed by atoms with Crippen molar-refractivity contribution in [2.75, 3.05) is 19.0 Å². The molecular weight excluding hydrogens is 367 g/mol. The van der Waals surface area contributed by atoms with Crippen LogP contribution in [-0.2, 0) is 16.0 Å². The summed E-state index contributed by atoms with van der Waals surface area (Å²) in [5.74, 6) is -3.01. The summed E-state index contributed by atoms with van der Waals surface area (Å²) in [7, 11) is 3.78. The van der Waals surface area contributed by atoms with Crippen molar-refractivity contribution in [3.8, 4) is 0 Å². The molecule has 0 spiro atoms. The first kappa shape index (κ1) is 21.2. The molecule has 0 aliphatic carbocycles. The van der Waals surface area contributed by atoms with Crippen LogP contribution >= 0.6 is 0 Å². The van der Waals surface area contributed by atoms with Gasteiger partial charge in [0.1, 0.15) is 0 Å². The highest BCUT2D eigenvalue weighted by Gasteiger charge is 2.42. The van der Waals surface area contributed by atoms with E-state index in [0.717, 1.165) is 17.3 Å². The quantitative estimate of drug-likeness (QED) is 0.301. The van der Waals surface area contributed by atoms with Crippen molar-refractivity contribution in [2.24, 2.45) is 0 Å². The largest absolute Gasteiger partial charge is 0.455 e. The van der Waals surface area contributed by atoms with E-state index < -0.39 is 23.3 Å². The Balaban J connectivity index is 2.25. The van der Waals surface area contributed by atoms with Crippen LogP contribution in [0.3, 0.4) is 0 Å². The minimum atomic E-state index is -5.11. The molecule has 2 aromatic carbocycles. The Morgan fingerprint density at radius 2 is 1.57 bits per heavy atom. The van der Waals surface area contributed by atoms with Gasteiger partial charge in [-0.3, -0.25) is 9.59 Å². The van der Waals surface area contributed by atoms with E-state index in [1.165, 1.54) is 6.08 Å². The normalized spacial score (nSPS) is 12.2. The smallest absolute Gasteiger partial charge is 0.378 e. The summed E-state index contributed by atoms with van der Waals surface area (Å²) >= 11 is 0. The first-order valence-electron chi connectivity index (χ1n) is 8.53. The highest BCUT2D eigenvalue weighted by atomic mass is 19.4. The maximum atomic E-state index is 12.9. The Morgan fingerprint density at radius 1 is 0.964 bits per heavy atom. The fourth-order valence-electron chi connectivity index (χ4n) is 2.46. The van der Waals surface area contributed by atoms with Crippen LogP contribution in [0.5, 0.6) is 0 Å². The van der Waals surface area contributed by atoms with Crippen molar-refractivity contribution in [3.05, 3.63) is 83.4 Å². The number of alkyl halides is 3. The third kappa shape index (κ3) is 5.94. The van der Waals surface area contributed by atoms with E-state index in [1.54, 1.807) is 48.5 Å². The number of hydrogen-bond donors (Lipinski definition) is 0. The number of rotatable bonds is 7. The number of Topliss-reactive ketones (excluding diaryl/α,β-unsaturated/α-hetero) is 2. The maximum Gasteiger partial charge on any atom is 0.455 e. The molecule has 0 saturated carbocycles. The van der Waals surface area contributed by atoms with Crippen LogP contribution < -0.4 is 4.90 Å². The number of benzene rings is 2. The summed E-state index contributed by atoms with van der Waals surface area (Å²) in [5.41, 5.74) is 1.36. The van der Waals surface area contributed by atoms with Crippen molar-refractivity contribution in [1.29, 1.82) is 0 Å². The highest BCUT2D eigenvalue weighted by Crippen LogP contribution is 2.22. The van der Waals surface area contributed by atoms with Crippen LogP contribution in [0.15, 0.2) is 72.3 Å². The number of halogens is 3. The molecule has 0 N–H and O–H groups in total. The topological polar surface area (TPSA) is 37.4 Å². The zero-order valence-electron chi connectivity index (χ0n) is 15.5. The number of carbonyl (C=O) groups excluding carboxylic acids is 2. The third-order valence-corrected chi connectivity index (χ3v) is 3.97. The summed E-state index contributed by atoms with van der Waals surface area (Å²) in [5, 5.41) is 0. The van der Waals surface area contributed by atoms with Crippen LogP contribution in [0.1, 0.15) is 11.1 Å². The Kier molecular flexibility index (Phi) is 6.93. The fraction of sp³-hybridized carbons (Fsp3) is 0.182. The minimum absolute atomic E-state index is 0.278. The van der Waals surface area contributed by atoms with Gasteiger partial charge in [0.15, 0.2) is 5.78 Å². The molecule has 0 bridgehead atoms. The lowest BCUT2D eigenvalue weighted by Gasteiger charge is -2.11. The molecule has 0 saturated heterocycles. The van der Waals surface area contributed by atoms with E-state index in [0.29, 0.717) is 5.56 Å². The molecule has 3 nitrogen and oxygen atoms in total. The molecule has 2 aromatic rings. The Morgan fingerprint density at radius 3 is 2.11 bits per heavy atom. The first-order chi connectivity index (χ1) is 13.2. The molecule has 28 heavy (non-hydrogen) atoms. The van der Waals surface area contributed by atoms with Crippen molar-refractivity contribution < 1.29 is 22.8 Å². The SMILES string of the molecule is CN(C)c1ccc(C=CC=C(C(=O)Cc2ccccc2)C(=O)C(F)(F)F)cc1. The second-order valence-electron chi connectivity index (χ2n) is 6.34. The maximum absolute atomic E-state index is 12.9. The number of anilines is 1. The van der Waals surface area contributed by atoms with Gasteiger partial charge in [-0.2, -0.15) is 13.2 Å². The third-order valence-electron chi connectivity index (χ3n) is 3.97. The molecule has 0 unspecified atom stereocenters. The van der Waals surface area contributed by atoms with Gasteiger partial charge in [-0.1, -0.05) is 54.6 Å². The summed E-state index contributed by atoms with van der Waals surface area (Å²) in [4.78, 5) is 26.0. The van der Waals surface area contributed by atoms with Gasteiger partial charge in [0.25, 0.3) is 5.78 Å². The van der Waals surface area contributed by atoms with Crippen molar-refractivity contribution in [2.45, 2.75) is 12.6 Å². The number of hydrogen-bond acceptors (Lipinski definition) is 3. The molecule has 6 heteroatoms. The second kappa shape index (κ2) is 9.17. The van der Waals surface area contributed by atoms with Crippen LogP contribution in [0.4, 0.5) is 18.9 Å². The molecule has 2 rings (SSSR count). The van der Waals surface area contributed by atoms with Gasteiger partial charge >= 0.3 is 6.18 Å². The van der Waals surface area contributed by atoms with Gasteiger partial charge in [-0.15, -0.1) is 0 Å². The van der Waals surface area contributed by atoms with E-state index in [-0.39, 0.29) is 6.42 Å². The number of allylic oxidation sites excluding steroid dienone is 3. The Labute approximate surface area is 161 Å². The number of carbonyl (C=O) groups is 2. The van der Waals surface area contributed by atoms with Crippen LogP contribution in [0.2, 0.25) is 0 Å². The lowest BCUT2D eigenvalue weighted by molar-refractivity contribution is -0.167. The monoisotopic (exact) mass is 387 g/mol. The predicted octanol–water partition coefficient (Wildman–Crippen LogP) is 4.64. The van der Waals surface area contributed by atoms with Crippen LogP contribution in [0, 0.1) is 0 Å². The van der Waals surface area contributed by atoms with Gasteiger partial charge in [-0.05, 0) is 29.3 Å². The Hall–Kier alpha value is -3.15. The summed E-state index contributed by atoms with van der Waals surface area (Å²) in [6, 6.07) is 15.6. The first-order valence-corrected chi connectivity index (χ1v) is 8.53. The van der Waals surface area contributed by atoms with E-state index >= 15 is 0 Å². The molecule has 0 aromatic heterocycles. The summed E-state index contributed by atoms with van der Waals surface area (Å²) < 4.78 is 38.7. The van der Waals surface area contributed by atoms with E-state index in [2.05, 4.69) is 0 Å². The predicted molar refractivity (Wildman–Crippen MR) is 104 cm³/mol. The number of nitrogens with zero attached hydrogens (tertiary/aromatic N) is 1. The summed E-state index contributed by atoms with van der Waals surface area (Å²) in [6.45, 7) is 0.